The number of halogens is 1. The topological polar surface area (TPSA) is 93.9 Å². The van der Waals surface area contributed by atoms with Gasteiger partial charge in [0.15, 0.2) is 0 Å². The maximum atomic E-state index is 12.9. The number of nitrogens with one attached hydrogen (secondary N) is 1. The summed E-state index contributed by atoms with van der Waals surface area (Å²) in [5, 5.41) is 3.92. The van der Waals surface area contributed by atoms with Crippen molar-refractivity contribution in [2.24, 2.45) is 5.73 Å². The third-order valence-corrected chi connectivity index (χ3v) is 6.40. The smallest absolute Gasteiger partial charge is 0.235 e. The maximum Gasteiger partial charge on any atom is 0.235 e. The summed E-state index contributed by atoms with van der Waals surface area (Å²) in [5.41, 5.74) is 6.76. The quantitative estimate of drug-likeness (QED) is 0.424. The molecule has 0 aliphatic rings. The predicted octanol–water partition coefficient (Wildman–Crippen LogP) is 3.35. The summed E-state index contributed by atoms with van der Waals surface area (Å²) in [6.07, 6.45) is 0.535. The Balaban J connectivity index is 2.06. The van der Waals surface area contributed by atoms with Crippen LogP contribution in [-0.4, -0.2) is 53.6 Å². The lowest BCUT2D eigenvalue weighted by Crippen LogP contribution is -2.36. The second kappa shape index (κ2) is 12.6. The van der Waals surface area contributed by atoms with Gasteiger partial charge in [-0.1, -0.05) is 30.7 Å². The van der Waals surface area contributed by atoms with Crippen LogP contribution in [0.2, 0.25) is 5.02 Å². The molecular formula is C21H30ClN3O4S. The molecule has 3 N–H and O–H groups in total. The van der Waals surface area contributed by atoms with E-state index in [-0.39, 0.29) is 18.9 Å². The van der Waals surface area contributed by atoms with Crippen LogP contribution in [0, 0.1) is 0 Å². The molecule has 0 fully saturated rings. The van der Waals surface area contributed by atoms with Crippen molar-refractivity contribution in [3.05, 3.63) is 53.6 Å². The van der Waals surface area contributed by atoms with Crippen LogP contribution in [0.3, 0.4) is 0 Å². The Morgan fingerprint density at radius 2 is 1.80 bits per heavy atom. The summed E-state index contributed by atoms with van der Waals surface area (Å²) < 4.78 is 38.3. The average molecular weight is 456 g/mol. The molecule has 0 aliphatic heterocycles. The van der Waals surface area contributed by atoms with Gasteiger partial charge >= 0.3 is 0 Å². The molecule has 2 aromatic carbocycles. The number of hydrogen-bond donors (Lipinski definition) is 2. The number of rotatable bonds is 14. The first-order chi connectivity index (χ1) is 14.5. The van der Waals surface area contributed by atoms with E-state index < -0.39 is 10.0 Å². The van der Waals surface area contributed by atoms with E-state index in [0.717, 1.165) is 11.4 Å². The summed E-state index contributed by atoms with van der Waals surface area (Å²) in [5.74, 6) is 0.788. The molecule has 0 unspecified atom stereocenters. The van der Waals surface area contributed by atoms with E-state index >= 15 is 0 Å². The molecular weight excluding hydrogens is 426 g/mol. The van der Waals surface area contributed by atoms with Crippen molar-refractivity contribution in [1.29, 1.82) is 0 Å². The molecule has 166 valence electrons. The second-order valence-electron chi connectivity index (χ2n) is 6.54. The SMILES string of the molecule is CCCS(=O)(=O)N(CCOCCN)c1ccccc1NCCOc1ccc(Cl)cc1. The number of nitrogens with zero attached hydrogens (tertiary/aromatic N) is 1. The maximum absolute atomic E-state index is 12.9. The van der Waals surface area contributed by atoms with Crippen LogP contribution in [0.5, 0.6) is 5.75 Å². The monoisotopic (exact) mass is 455 g/mol. The van der Waals surface area contributed by atoms with Gasteiger partial charge in [-0.2, -0.15) is 0 Å². The van der Waals surface area contributed by atoms with Gasteiger partial charge in [-0.3, -0.25) is 4.31 Å². The standard InChI is InChI=1S/C21H30ClN3O4S/c1-2-17-30(26,27)25(13-16-28-14-11-23)21-6-4-3-5-20(21)24-12-15-29-19-9-7-18(22)8-10-19/h3-10,24H,2,11-17,23H2,1H3. The highest BCUT2D eigenvalue weighted by Gasteiger charge is 2.23. The minimum Gasteiger partial charge on any atom is -0.492 e. The molecule has 0 radical (unpaired) electrons. The highest BCUT2D eigenvalue weighted by atomic mass is 35.5. The fourth-order valence-corrected chi connectivity index (χ4v) is 4.51. The number of benzene rings is 2. The minimum absolute atomic E-state index is 0.0674. The lowest BCUT2D eigenvalue weighted by Gasteiger charge is -2.27. The Kier molecular flexibility index (Phi) is 10.2. The van der Waals surface area contributed by atoms with Gasteiger partial charge in [0.05, 0.1) is 36.9 Å². The van der Waals surface area contributed by atoms with Gasteiger partial charge in [-0.25, -0.2) is 8.42 Å². The second-order valence-corrected chi connectivity index (χ2v) is 8.98. The van der Waals surface area contributed by atoms with E-state index in [2.05, 4.69) is 5.32 Å². The first-order valence-corrected chi connectivity index (χ1v) is 12.0. The van der Waals surface area contributed by atoms with Gasteiger partial charge in [0.2, 0.25) is 10.0 Å². The van der Waals surface area contributed by atoms with Gasteiger partial charge in [0, 0.05) is 18.1 Å². The molecule has 30 heavy (non-hydrogen) atoms. The van der Waals surface area contributed by atoms with Crippen molar-refractivity contribution in [3.8, 4) is 5.75 Å². The van der Waals surface area contributed by atoms with Gasteiger partial charge in [0.1, 0.15) is 12.4 Å². The summed E-state index contributed by atoms with van der Waals surface area (Å²) in [6, 6.07) is 14.5. The Labute approximate surface area is 184 Å². The third kappa shape index (κ3) is 7.68. The van der Waals surface area contributed by atoms with Crippen LogP contribution >= 0.6 is 11.6 Å². The lowest BCUT2D eigenvalue weighted by molar-refractivity contribution is 0.150. The van der Waals surface area contributed by atoms with Crippen molar-refractivity contribution in [3.63, 3.8) is 0 Å². The van der Waals surface area contributed by atoms with Crippen molar-refractivity contribution in [1.82, 2.24) is 0 Å². The molecule has 0 heterocycles. The molecule has 0 atom stereocenters. The number of anilines is 2. The summed E-state index contributed by atoms with van der Waals surface area (Å²) in [7, 11) is -3.47. The third-order valence-electron chi connectivity index (χ3n) is 4.17. The molecule has 0 saturated carbocycles. The van der Waals surface area contributed by atoms with Crippen LogP contribution in [0.4, 0.5) is 11.4 Å². The Morgan fingerprint density at radius 1 is 1.07 bits per heavy atom. The molecule has 2 rings (SSSR count). The minimum atomic E-state index is -3.47. The first kappa shape index (κ1) is 24.3. The van der Waals surface area contributed by atoms with E-state index in [9.17, 15) is 8.42 Å². The largest absolute Gasteiger partial charge is 0.492 e. The van der Waals surface area contributed by atoms with Crippen molar-refractivity contribution >= 4 is 33.0 Å². The normalized spacial score (nSPS) is 11.3. The van der Waals surface area contributed by atoms with Gasteiger partial charge in [0.25, 0.3) is 0 Å². The van der Waals surface area contributed by atoms with Crippen LogP contribution < -0.4 is 20.1 Å². The van der Waals surface area contributed by atoms with E-state index in [1.165, 1.54) is 4.31 Å². The highest BCUT2D eigenvalue weighted by molar-refractivity contribution is 7.92. The lowest BCUT2D eigenvalue weighted by atomic mass is 10.2. The molecule has 9 heteroatoms. The van der Waals surface area contributed by atoms with Crippen LogP contribution in [0.25, 0.3) is 0 Å². The molecule has 0 bridgehead atoms. The van der Waals surface area contributed by atoms with Crippen LogP contribution in [-0.2, 0) is 14.8 Å². The molecule has 0 amide bonds. The van der Waals surface area contributed by atoms with Crippen LogP contribution in [0.1, 0.15) is 13.3 Å². The molecule has 0 saturated heterocycles. The number of ether oxygens (including phenoxy) is 2. The fraction of sp³-hybridized carbons (Fsp3) is 0.429. The zero-order valence-electron chi connectivity index (χ0n) is 17.2. The number of hydrogen-bond acceptors (Lipinski definition) is 6. The van der Waals surface area contributed by atoms with Gasteiger partial charge < -0.3 is 20.5 Å². The summed E-state index contributed by atoms with van der Waals surface area (Å²) in [4.78, 5) is 0. The van der Waals surface area contributed by atoms with E-state index in [1.807, 2.05) is 25.1 Å². The fourth-order valence-electron chi connectivity index (χ4n) is 2.84. The van der Waals surface area contributed by atoms with E-state index in [4.69, 9.17) is 26.8 Å². The van der Waals surface area contributed by atoms with Crippen molar-refractivity contribution in [2.75, 3.05) is 54.8 Å². The number of nitrogens with two attached hydrogens (primary N) is 1. The summed E-state index contributed by atoms with van der Waals surface area (Å²) in [6.45, 7) is 4.05. The molecule has 2 aromatic rings. The number of para-hydroxylation sites is 2. The Hall–Kier alpha value is -2.00. The molecule has 0 aromatic heterocycles. The summed E-state index contributed by atoms with van der Waals surface area (Å²) >= 11 is 5.88. The average Bonchev–Trinajstić information content (AvgIpc) is 2.73. The highest BCUT2D eigenvalue weighted by Crippen LogP contribution is 2.28. The molecule has 0 spiro atoms. The molecule has 7 nitrogen and oxygen atoms in total. The van der Waals surface area contributed by atoms with Gasteiger partial charge in [-0.05, 0) is 42.8 Å². The molecule has 0 aliphatic carbocycles. The van der Waals surface area contributed by atoms with Gasteiger partial charge in [-0.15, -0.1) is 0 Å². The number of sulfonamides is 1. The van der Waals surface area contributed by atoms with E-state index in [0.29, 0.717) is 43.4 Å². The van der Waals surface area contributed by atoms with Crippen LogP contribution in [0.15, 0.2) is 48.5 Å². The van der Waals surface area contributed by atoms with E-state index in [1.54, 1.807) is 30.3 Å². The van der Waals surface area contributed by atoms with Crippen molar-refractivity contribution in [2.45, 2.75) is 13.3 Å². The Bertz CT molecular complexity index is 863. The van der Waals surface area contributed by atoms with Crippen molar-refractivity contribution < 1.29 is 17.9 Å². The zero-order chi connectivity index (χ0) is 21.8. The zero-order valence-corrected chi connectivity index (χ0v) is 18.8. The predicted molar refractivity (Wildman–Crippen MR) is 123 cm³/mol. The Morgan fingerprint density at radius 3 is 2.50 bits per heavy atom. The first-order valence-electron chi connectivity index (χ1n) is 9.97.